The molecule has 0 spiro atoms. The molecule has 0 aliphatic heterocycles. The van der Waals surface area contributed by atoms with Gasteiger partial charge in [-0.3, -0.25) is 0 Å². The molecule has 2 aliphatic carbocycles. The number of halogens is 6. The van der Waals surface area contributed by atoms with Crippen molar-refractivity contribution >= 4 is 21.1 Å². The molecular weight excluding hydrogens is 524 g/mol. The van der Waals surface area contributed by atoms with Crippen LogP contribution >= 0.6 is 0 Å². The minimum absolute atomic E-state index is 0.0896. The molecule has 0 saturated heterocycles. The van der Waals surface area contributed by atoms with Crippen molar-refractivity contribution in [3.63, 3.8) is 0 Å². The highest BCUT2D eigenvalue weighted by Gasteiger charge is 2.41. The number of sulfonamides is 1. The first-order chi connectivity index (χ1) is 17.4. The second kappa shape index (κ2) is 8.98. The Hall–Kier alpha value is -3.18. The molecule has 3 heterocycles. The lowest BCUT2D eigenvalue weighted by molar-refractivity contribution is -0.137. The van der Waals surface area contributed by atoms with Gasteiger partial charge in [-0.05, 0) is 44.2 Å². The van der Waals surface area contributed by atoms with Crippen LogP contribution in [0, 0.1) is 17.1 Å². The molecule has 1 N–H and O–H groups in total. The highest BCUT2D eigenvalue weighted by molar-refractivity contribution is 7.90. The molecule has 2 fully saturated rings. The zero-order valence-corrected chi connectivity index (χ0v) is 19.8. The Morgan fingerprint density at radius 2 is 1.89 bits per heavy atom. The lowest BCUT2D eigenvalue weighted by Crippen LogP contribution is -2.35. The van der Waals surface area contributed by atoms with Crippen molar-refractivity contribution < 1.29 is 34.8 Å². The van der Waals surface area contributed by atoms with E-state index in [4.69, 9.17) is 0 Å². The number of pyridine rings is 2. The van der Waals surface area contributed by atoms with E-state index in [0.717, 1.165) is 18.7 Å². The van der Waals surface area contributed by atoms with Crippen molar-refractivity contribution in [3.8, 4) is 17.3 Å². The van der Waals surface area contributed by atoms with E-state index in [1.165, 1.54) is 16.8 Å². The van der Waals surface area contributed by atoms with Crippen LogP contribution in [0.15, 0.2) is 24.5 Å². The Balaban J connectivity index is 1.74. The van der Waals surface area contributed by atoms with Crippen molar-refractivity contribution in [2.24, 2.45) is 0 Å². The molecule has 14 heteroatoms. The van der Waals surface area contributed by atoms with E-state index >= 15 is 4.39 Å². The lowest BCUT2D eigenvalue weighted by atomic mass is 9.93. The number of nitrogens with one attached hydrogen (secondary N) is 1. The van der Waals surface area contributed by atoms with E-state index in [1.807, 2.05) is 4.72 Å². The Kier molecular flexibility index (Phi) is 6.18. The summed E-state index contributed by atoms with van der Waals surface area (Å²) in [5, 5.41) is 8.43. The second-order valence-electron chi connectivity index (χ2n) is 9.13. The van der Waals surface area contributed by atoms with Crippen LogP contribution in [0.3, 0.4) is 0 Å². The summed E-state index contributed by atoms with van der Waals surface area (Å²) in [5.41, 5.74) is -4.02. The molecule has 7 nitrogen and oxygen atoms in total. The largest absolute Gasteiger partial charge is 0.417 e. The predicted octanol–water partition coefficient (Wildman–Crippen LogP) is 5.24. The van der Waals surface area contributed by atoms with Crippen LogP contribution < -0.4 is 4.72 Å². The van der Waals surface area contributed by atoms with Crippen LogP contribution in [-0.4, -0.2) is 34.6 Å². The van der Waals surface area contributed by atoms with Gasteiger partial charge >= 0.3 is 6.18 Å². The average molecular weight is 543 g/mol. The molecule has 2 aliphatic rings. The van der Waals surface area contributed by atoms with Crippen molar-refractivity contribution in [2.75, 3.05) is 0 Å². The first-order valence-corrected chi connectivity index (χ1v) is 12.9. The third kappa shape index (κ3) is 4.54. The van der Waals surface area contributed by atoms with Gasteiger partial charge < -0.3 is 4.57 Å². The van der Waals surface area contributed by atoms with Crippen LogP contribution in [0.4, 0.5) is 26.3 Å². The number of hydrogen-bond donors (Lipinski definition) is 1. The maximum Gasteiger partial charge on any atom is 0.417 e. The van der Waals surface area contributed by atoms with Crippen LogP contribution in [0.25, 0.3) is 22.3 Å². The molecule has 0 aromatic carbocycles. The molecule has 2 saturated carbocycles. The van der Waals surface area contributed by atoms with Crippen LogP contribution in [0.1, 0.15) is 61.0 Å². The van der Waals surface area contributed by atoms with Crippen molar-refractivity contribution in [3.05, 3.63) is 47.2 Å². The van der Waals surface area contributed by atoms with Gasteiger partial charge in [0.15, 0.2) is 5.69 Å². The van der Waals surface area contributed by atoms with Gasteiger partial charge in [-0.15, -0.1) is 0 Å². The summed E-state index contributed by atoms with van der Waals surface area (Å²) in [5.74, 6) is -1.30. The summed E-state index contributed by atoms with van der Waals surface area (Å²) in [6.45, 7) is 0. The van der Waals surface area contributed by atoms with E-state index in [9.17, 15) is 35.6 Å². The van der Waals surface area contributed by atoms with Crippen LogP contribution in [0.2, 0.25) is 0 Å². The molecule has 3 aromatic rings. The molecular formula is C23H19F6N5O2S. The zero-order valence-electron chi connectivity index (χ0n) is 18.9. The van der Waals surface area contributed by atoms with E-state index in [1.54, 1.807) is 0 Å². The fraction of sp³-hybridized carbons (Fsp3) is 0.435. The van der Waals surface area contributed by atoms with E-state index in [0.29, 0.717) is 31.7 Å². The average Bonchev–Trinajstić information content (AvgIpc) is 3.60. The summed E-state index contributed by atoms with van der Waals surface area (Å²) in [7, 11) is -4.07. The SMILES string of the molecule is N#Cc1nccc(C(F)(F)F)c1-c1nc2c(cc1F)c([C@H](NS(=O)(=O)C1CC1)C(F)F)cn2C1CCC1. The smallest absolute Gasteiger partial charge is 0.329 e. The lowest BCUT2D eigenvalue weighted by Gasteiger charge is -2.27. The third-order valence-electron chi connectivity index (χ3n) is 6.70. The Labute approximate surface area is 207 Å². The van der Waals surface area contributed by atoms with E-state index < -0.39 is 62.2 Å². The van der Waals surface area contributed by atoms with Gasteiger partial charge in [0.1, 0.15) is 29.3 Å². The first kappa shape index (κ1) is 25.5. The van der Waals surface area contributed by atoms with Gasteiger partial charge in [0.2, 0.25) is 10.0 Å². The maximum atomic E-state index is 15.4. The summed E-state index contributed by atoms with van der Waals surface area (Å²) < 4.78 is 113. The zero-order chi connectivity index (χ0) is 26.7. The van der Waals surface area contributed by atoms with Gasteiger partial charge in [0, 0.05) is 29.4 Å². The van der Waals surface area contributed by atoms with Crippen molar-refractivity contribution in [2.45, 2.75) is 62.0 Å². The topological polar surface area (TPSA) is 101 Å². The van der Waals surface area contributed by atoms with E-state index in [2.05, 4.69) is 9.97 Å². The normalized spacial score (nSPS) is 17.7. The van der Waals surface area contributed by atoms with Crippen LogP contribution in [-0.2, 0) is 16.2 Å². The summed E-state index contributed by atoms with van der Waals surface area (Å²) in [4.78, 5) is 7.73. The molecule has 0 radical (unpaired) electrons. The molecule has 196 valence electrons. The van der Waals surface area contributed by atoms with E-state index in [-0.39, 0.29) is 22.6 Å². The first-order valence-electron chi connectivity index (χ1n) is 11.4. The number of nitriles is 1. The minimum atomic E-state index is -4.96. The fourth-order valence-electron chi connectivity index (χ4n) is 4.46. The molecule has 0 unspecified atom stereocenters. The summed E-state index contributed by atoms with van der Waals surface area (Å²) >= 11 is 0. The number of nitrogens with zero attached hydrogens (tertiary/aromatic N) is 4. The Bertz CT molecular complexity index is 1520. The second-order valence-corrected chi connectivity index (χ2v) is 11.1. The number of rotatable bonds is 7. The van der Waals surface area contributed by atoms with Crippen LogP contribution in [0.5, 0.6) is 0 Å². The quantitative estimate of drug-likeness (QED) is 0.411. The third-order valence-corrected chi connectivity index (χ3v) is 8.63. The van der Waals surface area contributed by atoms with Gasteiger partial charge in [-0.25, -0.2) is 36.3 Å². The standard InChI is InChI=1S/C23H19F6N5O2S/c24-16-8-13-14(19(21(25)26)33-37(35,36)12-4-5-12)10-34(11-2-1-3-11)22(13)32-20(16)18-15(23(27,28)29)6-7-31-17(18)9-30/h6-8,10-12,19,21,33H,1-5H2/t19-/m0/s1. The molecule has 5 rings (SSSR count). The van der Waals surface area contributed by atoms with Gasteiger partial charge in [0.25, 0.3) is 6.43 Å². The maximum absolute atomic E-state index is 15.4. The molecule has 0 amide bonds. The number of hydrogen-bond acceptors (Lipinski definition) is 5. The summed E-state index contributed by atoms with van der Waals surface area (Å²) in [6.07, 6.45) is -3.41. The summed E-state index contributed by atoms with van der Waals surface area (Å²) in [6, 6.07) is 0.620. The molecule has 0 bridgehead atoms. The Morgan fingerprint density at radius 3 is 2.43 bits per heavy atom. The number of alkyl halides is 5. The number of fused-ring (bicyclic) bond motifs is 1. The van der Waals surface area contributed by atoms with Crippen molar-refractivity contribution in [1.29, 1.82) is 5.26 Å². The minimum Gasteiger partial charge on any atom is -0.329 e. The highest BCUT2D eigenvalue weighted by atomic mass is 32.2. The van der Waals surface area contributed by atoms with Gasteiger partial charge in [0.05, 0.1) is 16.4 Å². The van der Waals surface area contributed by atoms with Gasteiger partial charge in [-0.1, -0.05) is 0 Å². The van der Waals surface area contributed by atoms with Crippen molar-refractivity contribution in [1.82, 2.24) is 19.3 Å². The highest BCUT2D eigenvalue weighted by Crippen LogP contribution is 2.43. The molecule has 3 aromatic heterocycles. The van der Waals surface area contributed by atoms with Gasteiger partial charge in [-0.2, -0.15) is 18.4 Å². The Morgan fingerprint density at radius 1 is 1.19 bits per heavy atom. The monoisotopic (exact) mass is 543 g/mol. The molecule has 37 heavy (non-hydrogen) atoms. The predicted molar refractivity (Wildman–Crippen MR) is 119 cm³/mol. The number of aromatic nitrogens is 3. The fourth-order valence-corrected chi connectivity index (χ4v) is 5.99. The molecule has 1 atom stereocenters.